The average molecular weight is 314 g/mol. The van der Waals surface area contributed by atoms with Gasteiger partial charge in [0.1, 0.15) is 6.04 Å². The van der Waals surface area contributed by atoms with Gasteiger partial charge in [0.05, 0.1) is 12.9 Å². The van der Waals surface area contributed by atoms with E-state index in [1.165, 1.54) is 7.11 Å². The van der Waals surface area contributed by atoms with Crippen LogP contribution >= 0.6 is 0 Å². The summed E-state index contributed by atoms with van der Waals surface area (Å²) in [6, 6.07) is 8.03. The van der Waals surface area contributed by atoms with E-state index in [9.17, 15) is 13.2 Å². The maximum Gasteiger partial charge on any atom is 0.326 e. The van der Waals surface area contributed by atoms with Gasteiger partial charge < -0.3 is 4.74 Å². The number of hydrogen-bond acceptors (Lipinski definition) is 5. The molecule has 21 heavy (non-hydrogen) atoms. The highest BCUT2D eigenvalue weighted by Gasteiger charge is 2.33. The molecule has 1 atom stereocenters. The highest BCUT2D eigenvalue weighted by atomic mass is 32.2. The molecule has 1 rings (SSSR count). The van der Waals surface area contributed by atoms with Crippen LogP contribution in [0.4, 0.5) is 0 Å². The molecule has 0 amide bonds. The summed E-state index contributed by atoms with van der Waals surface area (Å²) in [4.78, 5) is 11.9. The highest BCUT2D eigenvalue weighted by Crippen LogP contribution is 2.12. The number of unbranched alkanes of at least 4 members (excludes halogenated alkanes) is 1. The Morgan fingerprint density at radius 1 is 1.33 bits per heavy atom. The first-order valence-electron chi connectivity index (χ1n) is 6.81. The number of ether oxygens (including phenoxy) is 1. The van der Waals surface area contributed by atoms with Crippen molar-refractivity contribution >= 4 is 16.0 Å². The fourth-order valence-corrected chi connectivity index (χ4v) is 3.29. The number of carbonyl (C=O) groups is 1. The van der Waals surface area contributed by atoms with Crippen molar-refractivity contribution in [1.29, 1.82) is 0 Å². The van der Waals surface area contributed by atoms with E-state index < -0.39 is 22.0 Å². The number of hydrazine groups is 1. The molecule has 0 bridgehead atoms. The van der Waals surface area contributed by atoms with Crippen molar-refractivity contribution < 1.29 is 17.9 Å². The van der Waals surface area contributed by atoms with E-state index in [1.807, 2.05) is 37.3 Å². The van der Waals surface area contributed by atoms with E-state index in [4.69, 9.17) is 5.84 Å². The number of rotatable bonds is 8. The van der Waals surface area contributed by atoms with Gasteiger partial charge >= 0.3 is 5.97 Å². The minimum atomic E-state index is -3.69. The van der Waals surface area contributed by atoms with Crippen LogP contribution in [-0.2, 0) is 26.0 Å². The fourth-order valence-electron chi connectivity index (χ4n) is 1.88. The molecule has 0 aliphatic rings. The van der Waals surface area contributed by atoms with Crippen molar-refractivity contribution in [1.82, 2.24) is 4.41 Å². The summed E-state index contributed by atoms with van der Waals surface area (Å²) in [5.74, 6) is 4.96. The molecule has 0 spiro atoms. The maximum absolute atomic E-state index is 12.1. The topological polar surface area (TPSA) is 89.7 Å². The Hall–Kier alpha value is -1.44. The third kappa shape index (κ3) is 5.11. The zero-order valence-corrected chi connectivity index (χ0v) is 13.2. The van der Waals surface area contributed by atoms with E-state index in [1.54, 1.807) is 0 Å². The zero-order chi connectivity index (χ0) is 15.9. The predicted molar refractivity (Wildman–Crippen MR) is 80.7 cm³/mol. The summed E-state index contributed by atoms with van der Waals surface area (Å²) in [5.41, 5.74) is 0.814. The molecule has 0 saturated carbocycles. The summed E-state index contributed by atoms with van der Waals surface area (Å²) in [6.07, 6.45) is 1.40. The van der Waals surface area contributed by atoms with E-state index in [0.29, 0.717) is 10.8 Å². The van der Waals surface area contributed by atoms with Crippen molar-refractivity contribution in [2.75, 3.05) is 12.9 Å². The van der Waals surface area contributed by atoms with E-state index >= 15 is 0 Å². The molecule has 7 heteroatoms. The lowest BCUT2D eigenvalue weighted by molar-refractivity contribution is -0.145. The highest BCUT2D eigenvalue weighted by molar-refractivity contribution is 7.89. The van der Waals surface area contributed by atoms with Crippen molar-refractivity contribution in [3.05, 3.63) is 35.9 Å². The lowest BCUT2D eigenvalue weighted by atomic mass is 10.1. The summed E-state index contributed by atoms with van der Waals surface area (Å²) < 4.78 is 29.6. The number of sulfonamides is 1. The lowest BCUT2D eigenvalue weighted by Crippen LogP contribution is -2.51. The van der Waals surface area contributed by atoms with Gasteiger partial charge in [0.2, 0.25) is 10.0 Å². The standard InChI is InChI=1S/C14H22N2O4S/c1-3-4-10-21(18,19)16(15)13(14(17)20-2)11-12-8-6-5-7-9-12/h5-9,13H,3-4,10-11,15H2,1-2H3. The molecule has 0 saturated heterocycles. The van der Waals surface area contributed by atoms with E-state index in [2.05, 4.69) is 4.74 Å². The minimum absolute atomic E-state index is 0.0811. The number of methoxy groups -OCH3 is 1. The van der Waals surface area contributed by atoms with Crippen LogP contribution in [0.15, 0.2) is 30.3 Å². The Kier molecular flexibility index (Phi) is 6.80. The van der Waals surface area contributed by atoms with Gasteiger partial charge in [-0.3, -0.25) is 10.6 Å². The molecule has 6 nitrogen and oxygen atoms in total. The van der Waals surface area contributed by atoms with Gasteiger partial charge in [-0.05, 0) is 12.0 Å². The van der Waals surface area contributed by atoms with Gasteiger partial charge in [0.25, 0.3) is 0 Å². The first-order chi connectivity index (χ1) is 9.92. The van der Waals surface area contributed by atoms with Gasteiger partial charge in [0.15, 0.2) is 0 Å². The number of hydrogen-bond donors (Lipinski definition) is 1. The SMILES string of the molecule is CCCCS(=O)(=O)N(N)C(Cc1ccccc1)C(=O)OC. The molecule has 118 valence electrons. The predicted octanol–water partition coefficient (Wildman–Crippen LogP) is 1.08. The first-order valence-corrected chi connectivity index (χ1v) is 8.41. The Morgan fingerprint density at radius 2 is 1.95 bits per heavy atom. The van der Waals surface area contributed by atoms with Crippen molar-refractivity contribution in [2.45, 2.75) is 32.2 Å². The third-order valence-electron chi connectivity index (χ3n) is 3.13. The Morgan fingerprint density at radius 3 is 2.48 bits per heavy atom. The quantitative estimate of drug-likeness (QED) is 0.440. The van der Waals surface area contributed by atoms with Crippen molar-refractivity contribution in [2.24, 2.45) is 5.84 Å². The normalized spacial score (nSPS) is 13.1. The summed E-state index contributed by atoms with van der Waals surface area (Å²) in [6.45, 7) is 1.89. The smallest absolute Gasteiger partial charge is 0.326 e. The molecule has 0 aliphatic heterocycles. The first kappa shape index (κ1) is 17.6. The Bertz CT molecular complexity index is 545. The van der Waals surface area contributed by atoms with E-state index in [-0.39, 0.29) is 12.2 Å². The number of nitrogens with zero attached hydrogens (tertiary/aromatic N) is 1. The zero-order valence-electron chi connectivity index (χ0n) is 12.4. The fraction of sp³-hybridized carbons (Fsp3) is 0.500. The number of carbonyl (C=O) groups excluding carboxylic acids is 1. The van der Waals surface area contributed by atoms with Crippen LogP contribution in [0.1, 0.15) is 25.3 Å². The molecular weight excluding hydrogens is 292 g/mol. The van der Waals surface area contributed by atoms with Crippen molar-refractivity contribution in [3.8, 4) is 0 Å². The van der Waals surface area contributed by atoms with Gasteiger partial charge in [-0.1, -0.05) is 43.7 Å². The molecule has 1 unspecified atom stereocenters. The monoisotopic (exact) mass is 314 g/mol. The number of nitrogens with two attached hydrogens (primary N) is 1. The summed E-state index contributed by atoms with van der Waals surface area (Å²) in [5, 5.41) is 0. The second kappa shape index (κ2) is 8.11. The molecule has 0 aromatic heterocycles. The number of benzene rings is 1. The van der Waals surface area contributed by atoms with Crippen LogP contribution in [0.3, 0.4) is 0 Å². The average Bonchev–Trinajstić information content (AvgIpc) is 2.50. The van der Waals surface area contributed by atoms with Crippen molar-refractivity contribution in [3.63, 3.8) is 0 Å². The molecule has 0 aliphatic carbocycles. The molecule has 1 aromatic carbocycles. The van der Waals surface area contributed by atoms with Gasteiger partial charge in [0, 0.05) is 6.42 Å². The van der Waals surface area contributed by atoms with Crippen LogP contribution in [0, 0.1) is 0 Å². The van der Waals surface area contributed by atoms with Gasteiger partial charge in [-0.15, -0.1) is 4.41 Å². The second-order valence-corrected chi connectivity index (χ2v) is 6.72. The third-order valence-corrected chi connectivity index (χ3v) is 4.83. The maximum atomic E-state index is 12.1. The number of esters is 1. The summed E-state index contributed by atoms with van der Waals surface area (Å²) in [7, 11) is -2.47. The van der Waals surface area contributed by atoms with Gasteiger partial charge in [-0.25, -0.2) is 8.42 Å². The Labute approximate surface area is 125 Å². The molecule has 2 N–H and O–H groups in total. The molecule has 0 radical (unpaired) electrons. The van der Waals surface area contributed by atoms with E-state index in [0.717, 1.165) is 12.0 Å². The minimum Gasteiger partial charge on any atom is -0.468 e. The molecule has 0 fully saturated rings. The lowest BCUT2D eigenvalue weighted by Gasteiger charge is -2.24. The second-order valence-electron chi connectivity index (χ2n) is 4.73. The van der Waals surface area contributed by atoms with Crippen LogP contribution < -0.4 is 5.84 Å². The van der Waals surface area contributed by atoms with Crippen LogP contribution in [0.5, 0.6) is 0 Å². The molecule has 1 aromatic rings. The van der Waals surface area contributed by atoms with Crippen LogP contribution in [-0.4, -0.2) is 37.7 Å². The van der Waals surface area contributed by atoms with Gasteiger partial charge in [-0.2, -0.15) is 0 Å². The molecule has 0 heterocycles. The van der Waals surface area contributed by atoms with Crippen LogP contribution in [0.25, 0.3) is 0 Å². The largest absolute Gasteiger partial charge is 0.468 e. The summed E-state index contributed by atoms with van der Waals surface area (Å²) >= 11 is 0. The Balaban J connectivity index is 2.94. The van der Waals surface area contributed by atoms with Crippen LogP contribution in [0.2, 0.25) is 0 Å². The molecular formula is C14H22N2O4S.